The number of nitrogens with one attached hydrogen (secondary N) is 1. The van der Waals surface area contributed by atoms with E-state index in [1.54, 1.807) is 49.4 Å². The number of hydrogen-bond acceptors (Lipinski definition) is 6. The molecule has 2 aromatic rings. The zero-order valence-corrected chi connectivity index (χ0v) is 17.9. The summed E-state index contributed by atoms with van der Waals surface area (Å²) in [6.45, 7) is 0.979. The van der Waals surface area contributed by atoms with Gasteiger partial charge in [0.05, 0.1) is 18.2 Å². The molecule has 2 aromatic carbocycles. The molecule has 0 spiro atoms. The summed E-state index contributed by atoms with van der Waals surface area (Å²) >= 11 is 6.06. The normalized spacial score (nSPS) is 11.3. The van der Waals surface area contributed by atoms with Crippen molar-refractivity contribution in [3.8, 4) is 5.75 Å². The maximum absolute atomic E-state index is 12.2. The highest BCUT2D eigenvalue weighted by Crippen LogP contribution is 2.27. The minimum absolute atomic E-state index is 0.230. The predicted octanol–water partition coefficient (Wildman–Crippen LogP) is 1.43. The van der Waals surface area contributed by atoms with E-state index in [2.05, 4.69) is 10.5 Å². The van der Waals surface area contributed by atoms with E-state index in [0.717, 1.165) is 10.6 Å². The Hall–Kier alpha value is -3.11. The van der Waals surface area contributed by atoms with E-state index >= 15 is 0 Å². The van der Waals surface area contributed by atoms with Crippen LogP contribution in [0.2, 0.25) is 5.02 Å². The van der Waals surface area contributed by atoms with E-state index in [1.807, 2.05) is 0 Å². The third-order valence-corrected chi connectivity index (χ3v) is 5.40. The van der Waals surface area contributed by atoms with Crippen molar-refractivity contribution in [1.29, 1.82) is 0 Å². The molecular formula is C19H21ClN4O5S. The molecule has 0 bridgehead atoms. The first kappa shape index (κ1) is 23.2. The van der Waals surface area contributed by atoms with E-state index in [4.69, 9.17) is 22.1 Å². The Morgan fingerprint density at radius 3 is 2.50 bits per heavy atom. The van der Waals surface area contributed by atoms with E-state index < -0.39 is 28.4 Å². The van der Waals surface area contributed by atoms with Crippen LogP contribution in [0, 0.1) is 6.92 Å². The third kappa shape index (κ3) is 6.75. The fourth-order valence-corrected chi connectivity index (χ4v) is 3.47. The Morgan fingerprint density at radius 2 is 1.90 bits per heavy atom. The van der Waals surface area contributed by atoms with Crippen molar-refractivity contribution >= 4 is 45.3 Å². The quantitative estimate of drug-likeness (QED) is 0.439. The van der Waals surface area contributed by atoms with Crippen molar-refractivity contribution in [1.82, 2.24) is 5.43 Å². The van der Waals surface area contributed by atoms with Crippen LogP contribution in [-0.4, -0.2) is 45.9 Å². The smallest absolute Gasteiger partial charge is 0.260 e. The summed E-state index contributed by atoms with van der Waals surface area (Å²) in [6, 6.07) is 11.3. The van der Waals surface area contributed by atoms with Gasteiger partial charge >= 0.3 is 0 Å². The third-order valence-electron chi connectivity index (χ3n) is 3.86. The summed E-state index contributed by atoms with van der Waals surface area (Å²) in [7, 11) is -3.73. The summed E-state index contributed by atoms with van der Waals surface area (Å²) in [6.07, 6.45) is 2.39. The highest BCUT2D eigenvalue weighted by atomic mass is 35.5. The van der Waals surface area contributed by atoms with E-state index in [-0.39, 0.29) is 6.61 Å². The lowest BCUT2D eigenvalue weighted by molar-refractivity contribution is -0.120. The van der Waals surface area contributed by atoms with E-state index in [0.29, 0.717) is 27.6 Å². The molecule has 160 valence electrons. The SMILES string of the molecule is Cc1c(Cl)cccc1N(CC(=O)N/N=C\c1ccc(OCC(N)=O)cc1)S(C)(=O)=O. The van der Waals surface area contributed by atoms with Crippen LogP contribution in [0.1, 0.15) is 11.1 Å². The molecule has 0 aliphatic carbocycles. The molecule has 0 aliphatic heterocycles. The highest BCUT2D eigenvalue weighted by Gasteiger charge is 2.22. The Kier molecular flexibility index (Phi) is 7.79. The van der Waals surface area contributed by atoms with Gasteiger partial charge in [-0.05, 0) is 54.4 Å². The molecule has 9 nitrogen and oxygen atoms in total. The van der Waals surface area contributed by atoms with E-state index in [1.165, 1.54) is 6.21 Å². The second kappa shape index (κ2) is 10.1. The zero-order chi connectivity index (χ0) is 22.3. The number of sulfonamides is 1. The van der Waals surface area contributed by atoms with Gasteiger partial charge < -0.3 is 10.5 Å². The fraction of sp³-hybridized carbons (Fsp3) is 0.211. The molecule has 0 atom stereocenters. The van der Waals surface area contributed by atoms with Gasteiger partial charge in [-0.1, -0.05) is 17.7 Å². The van der Waals surface area contributed by atoms with Gasteiger partial charge in [-0.15, -0.1) is 0 Å². The number of anilines is 1. The number of nitrogens with zero attached hydrogens (tertiary/aromatic N) is 2. The molecule has 0 heterocycles. The minimum atomic E-state index is -3.73. The van der Waals surface area contributed by atoms with Gasteiger partial charge in [0.1, 0.15) is 12.3 Å². The first-order valence-corrected chi connectivity index (χ1v) is 10.9. The van der Waals surface area contributed by atoms with Crippen molar-refractivity contribution in [2.24, 2.45) is 10.8 Å². The number of hydrogen-bond donors (Lipinski definition) is 2. The first-order valence-electron chi connectivity index (χ1n) is 8.64. The predicted molar refractivity (Wildman–Crippen MR) is 115 cm³/mol. The highest BCUT2D eigenvalue weighted by molar-refractivity contribution is 7.92. The number of rotatable bonds is 9. The van der Waals surface area contributed by atoms with Crippen molar-refractivity contribution in [3.05, 3.63) is 58.6 Å². The largest absolute Gasteiger partial charge is 0.484 e. The van der Waals surface area contributed by atoms with Gasteiger partial charge in [0.15, 0.2) is 6.61 Å². The van der Waals surface area contributed by atoms with Crippen LogP contribution >= 0.6 is 11.6 Å². The average Bonchev–Trinajstić information content (AvgIpc) is 2.67. The summed E-state index contributed by atoms with van der Waals surface area (Å²) in [5, 5.41) is 4.22. The molecule has 2 rings (SSSR count). The van der Waals surface area contributed by atoms with Crippen molar-refractivity contribution < 1.29 is 22.7 Å². The van der Waals surface area contributed by atoms with Crippen LogP contribution < -0.4 is 20.2 Å². The average molecular weight is 453 g/mol. The molecule has 0 radical (unpaired) electrons. The number of hydrazone groups is 1. The molecule has 0 saturated heterocycles. The molecular weight excluding hydrogens is 432 g/mol. The van der Waals surface area contributed by atoms with Gasteiger partial charge in [0.25, 0.3) is 11.8 Å². The first-order chi connectivity index (χ1) is 14.1. The van der Waals surface area contributed by atoms with Crippen LogP contribution in [-0.2, 0) is 19.6 Å². The van der Waals surface area contributed by atoms with Crippen LogP contribution in [0.25, 0.3) is 0 Å². The molecule has 3 N–H and O–H groups in total. The van der Waals surface area contributed by atoms with Gasteiger partial charge in [0.2, 0.25) is 10.0 Å². The fourth-order valence-electron chi connectivity index (χ4n) is 2.40. The number of carbonyl (C=O) groups is 2. The Balaban J connectivity index is 2.02. The number of nitrogens with two attached hydrogens (primary N) is 1. The summed E-state index contributed by atoms with van der Waals surface area (Å²) < 4.78 is 30.5. The molecule has 0 saturated carbocycles. The number of amides is 2. The maximum atomic E-state index is 12.2. The molecule has 0 fully saturated rings. The minimum Gasteiger partial charge on any atom is -0.484 e. The van der Waals surface area contributed by atoms with Gasteiger partial charge in [-0.3, -0.25) is 13.9 Å². The number of benzene rings is 2. The lowest BCUT2D eigenvalue weighted by Crippen LogP contribution is -2.39. The van der Waals surface area contributed by atoms with Crippen molar-refractivity contribution in [2.75, 3.05) is 23.7 Å². The number of ether oxygens (including phenoxy) is 1. The second-order valence-corrected chi connectivity index (χ2v) is 8.58. The molecule has 30 heavy (non-hydrogen) atoms. The van der Waals surface area contributed by atoms with Crippen LogP contribution in [0.5, 0.6) is 5.75 Å². The molecule has 2 amide bonds. The van der Waals surface area contributed by atoms with Gasteiger partial charge in [-0.2, -0.15) is 5.10 Å². The van der Waals surface area contributed by atoms with Crippen molar-refractivity contribution in [2.45, 2.75) is 6.92 Å². The second-order valence-electron chi connectivity index (χ2n) is 6.27. The molecule has 0 unspecified atom stereocenters. The van der Waals surface area contributed by atoms with Gasteiger partial charge in [-0.25, -0.2) is 13.8 Å². The number of primary amides is 1. The summed E-state index contributed by atoms with van der Waals surface area (Å²) in [4.78, 5) is 22.9. The monoisotopic (exact) mass is 452 g/mol. The van der Waals surface area contributed by atoms with Crippen LogP contribution in [0.4, 0.5) is 5.69 Å². The lowest BCUT2D eigenvalue weighted by Gasteiger charge is -2.23. The number of carbonyl (C=O) groups excluding carboxylic acids is 2. The standard InChI is InChI=1S/C19H21ClN4O5S/c1-13-16(20)4-3-5-17(13)24(30(2,27)28)11-19(26)23-22-10-14-6-8-15(9-7-14)29-12-18(21)25/h3-10H,11-12H2,1-2H3,(H2,21,25)(H,23,26)/b22-10-. The van der Waals surface area contributed by atoms with Crippen molar-refractivity contribution in [3.63, 3.8) is 0 Å². The summed E-state index contributed by atoms with van der Waals surface area (Å²) in [5.74, 6) is -0.757. The summed E-state index contributed by atoms with van der Waals surface area (Å²) in [5.41, 5.74) is 8.80. The molecule has 0 aliphatic rings. The lowest BCUT2D eigenvalue weighted by atomic mass is 10.2. The Labute approximate surface area is 179 Å². The van der Waals surface area contributed by atoms with E-state index in [9.17, 15) is 18.0 Å². The Morgan fingerprint density at radius 1 is 1.23 bits per heavy atom. The zero-order valence-electron chi connectivity index (χ0n) is 16.3. The molecule has 0 aromatic heterocycles. The van der Waals surface area contributed by atoms with Gasteiger partial charge in [0, 0.05) is 5.02 Å². The number of halogens is 1. The Bertz CT molecular complexity index is 1060. The van der Waals surface area contributed by atoms with Crippen LogP contribution in [0.15, 0.2) is 47.6 Å². The molecule has 11 heteroatoms. The topological polar surface area (TPSA) is 131 Å². The van der Waals surface area contributed by atoms with Crippen LogP contribution in [0.3, 0.4) is 0 Å². The maximum Gasteiger partial charge on any atom is 0.260 e.